The third-order valence-electron chi connectivity index (χ3n) is 6.01. The highest BCUT2D eigenvalue weighted by molar-refractivity contribution is 5.85. The van der Waals surface area contributed by atoms with Crippen LogP contribution in [0.2, 0.25) is 0 Å². The zero-order chi connectivity index (χ0) is 22.4. The van der Waals surface area contributed by atoms with Crippen LogP contribution in [0, 0.1) is 6.92 Å². The second-order valence-corrected chi connectivity index (χ2v) is 8.14. The van der Waals surface area contributed by atoms with Crippen molar-refractivity contribution in [1.82, 2.24) is 20.0 Å². The Balaban J connectivity index is 1.57. The Kier molecular flexibility index (Phi) is 7.60. The summed E-state index contributed by atoms with van der Waals surface area (Å²) < 4.78 is 0. The lowest BCUT2D eigenvalue weighted by Crippen LogP contribution is -2.53. The number of hydrogen-bond donors (Lipinski definition) is 0. The Morgan fingerprint density at radius 2 is 1.68 bits per heavy atom. The Labute approximate surface area is 185 Å². The van der Waals surface area contributed by atoms with Gasteiger partial charge in [0.1, 0.15) is 0 Å². The summed E-state index contributed by atoms with van der Waals surface area (Å²) in [7, 11) is 0. The number of carbonyl (C=O) groups is 2. The van der Waals surface area contributed by atoms with Crippen LogP contribution in [0.25, 0.3) is 11.3 Å². The molecule has 1 atom stereocenters. The van der Waals surface area contributed by atoms with Gasteiger partial charge in [-0.1, -0.05) is 43.7 Å². The molecule has 1 aliphatic rings. The van der Waals surface area contributed by atoms with Gasteiger partial charge in [-0.05, 0) is 32.4 Å². The summed E-state index contributed by atoms with van der Waals surface area (Å²) in [5.41, 5.74) is 3.11. The molecule has 0 saturated carbocycles. The van der Waals surface area contributed by atoms with Crippen LogP contribution in [0.1, 0.15) is 39.2 Å². The number of anilines is 1. The summed E-state index contributed by atoms with van der Waals surface area (Å²) >= 11 is 0. The lowest BCUT2D eigenvalue weighted by Gasteiger charge is -2.37. The molecule has 166 valence electrons. The first-order chi connectivity index (χ1) is 14.9. The number of benzene rings is 1. The Bertz CT molecular complexity index is 874. The lowest BCUT2D eigenvalue weighted by atomic mass is 10.1. The van der Waals surface area contributed by atoms with Crippen molar-refractivity contribution in [3.63, 3.8) is 0 Å². The zero-order valence-electron chi connectivity index (χ0n) is 19.0. The summed E-state index contributed by atoms with van der Waals surface area (Å²) in [6, 6.07) is 12.3. The van der Waals surface area contributed by atoms with Crippen LogP contribution in [0.5, 0.6) is 0 Å². The number of aryl methyl sites for hydroxylation is 1. The zero-order valence-corrected chi connectivity index (χ0v) is 19.0. The van der Waals surface area contributed by atoms with Crippen molar-refractivity contribution < 1.29 is 9.59 Å². The van der Waals surface area contributed by atoms with Gasteiger partial charge in [0.15, 0.2) is 5.82 Å². The standard InChI is InChI=1S/C24H33N5O2/c1-5-19(4)29(23(30)6-2)17-24(31)28-15-13-27(14-16-28)22-12-11-21(25-26-22)20-9-7-18(3)8-10-20/h7-12,19H,5-6,13-17H2,1-4H3/t19-/m0/s1. The van der Waals surface area contributed by atoms with Gasteiger partial charge in [-0.2, -0.15) is 0 Å². The summed E-state index contributed by atoms with van der Waals surface area (Å²) in [6.07, 6.45) is 1.26. The van der Waals surface area contributed by atoms with Crippen LogP contribution < -0.4 is 4.90 Å². The summed E-state index contributed by atoms with van der Waals surface area (Å²) in [6.45, 7) is 10.7. The average Bonchev–Trinajstić information content (AvgIpc) is 2.82. The Morgan fingerprint density at radius 1 is 1.00 bits per heavy atom. The number of piperazine rings is 1. The van der Waals surface area contributed by atoms with Crippen molar-refractivity contribution in [3.8, 4) is 11.3 Å². The lowest BCUT2D eigenvalue weighted by molar-refractivity contribution is -0.142. The molecule has 2 amide bonds. The maximum absolute atomic E-state index is 12.8. The molecule has 7 nitrogen and oxygen atoms in total. The van der Waals surface area contributed by atoms with E-state index in [4.69, 9.17) is 0 Å². The molecular weight excluding hydrogens is 390 g/mol. The number of nitrogens with zero attached hydrogens (tertiary/aromatic N) is 5. The number of rotatable bonds is 7. The Hall–Kier alpha value is -2.96. The van der Waals surface area contributed by atoms with E-state index in [2.05, 4.69) is 46.3 Å². The van der Waals surface area contributed by atoms with Crippen LogP contribution in [-0.4, -0.2) is 70.6 Å². The number of hydrogen-bond acceptors (Lipinski definition) is 5. The van der Waals surface area contributed by atoms with Gasteiger partial charge in [-0.15, -0.1) is 10.2 Å². The van der Waals surface area contributed by atoms with E-state index in [0.29, 0.717) is 32.6 Å². The average molecular weight is 424 g/mol. The van der Waals surface area contributed by atoms with E-state index in [0.717, 1.165) is 23.5 Å². The minimum Gasteiger partial charge on any atom is -0.352 e. The van der Waals surface area contributed by atoms with Crippen molar-refractivity contribution in [3.05, 3.63) is 42.0 Å². The topological polar surface area (TPSA) is 69.6 Å². The van der Waals surface area contributed by atoms with Crippen molar-refractivity contribution in [2.24, 2.45) is 0 Å². The van der Waals surface area contributed by atoms with E-state index in [1.807, 2.05) is 37.8 Å². The van der Waals surface area contributed by atoms with Gasteiger partial charge in [0, 0.05) is 44.2 Å². The van der Waals surface area contributed by atoms with Crippen molar-refractivity contribution in [2.45, 2.75) is 46.6 Å². The van der Waals surface area contributed by atoms with E-state index in [1.54, 1.807) is 4.90 Å². The molecule has 1 aromatic heterocycles. The summed E-state index contributed by atoms with van der Waals surface area (Å²) in [5, 5.41) is 8.80. The molecule has 2 aromatic rings. The van der Waals surface area contributed by atoms with E-state index >= 15 is 0 Å². The van der Waals surface area contributed by atoms with Gasteiger partial charge in [0.05, 0.1) is 12.2 Å². The van der Waals surface area contributed by atoms with E-state index in [9.17, 15) is 9.59 Å². The highest BCUT2D eigenvalue weighted by atomic mass is 16.2. The molecule has 1 saturated heterocycles. The SMILES string of the molecule is CCC(=O)N(CC(=O)N1CCN(c2ccc(-c3ccc(C)cc3)nn2)CC1)[C@@H](C)CC. The molecule has 0 aliphatic carbocycles. The van der Waals surface area contributed by atoms with Crippen LogP contribution in [-0.2, 0) is 9.59 Å². The first-order valence-corrected chi connectivity index (χ1v) is 11.2. The van der Waals surface area contributed by atoms with E-state index < -0.39 is 0 Å². The van der Waals surface area contributed by atoms with E-state index in [1.165, 1.54) is 5.56 Å². The maximum Gasteiger partial charge on any atom is 0.242 e. The van der Waals surface area contributed by atoms with Gasteiger partial charge >= 0.3 is 0 Å². The Morgan fingerprint density at radius 3 is 2.23 bits per heavy atom. The fraction of sp³-hybridized carbons (Fsp3) is 0.500. The highest BCUT2D eigenvalue weighted by Crippen LogP contribution is 2.20. The molecule has 0 unspecified atom stereocenters. The fourth-order valence-corrected chi connectivity index (χ4v) is 3.72. The van der Waals surface area contributed by atoms with Crippen LogP contribution in [0.3, 0.4) is 0 Å². The summed E-state index contributed by atoms with van der Waals surface area (Å²) in [5.74, 6) is 0.873. The second-order valence-electron chi connectivity index (χ2n) is 8.14. The van der Waals surface area contributed by atoms with Crippen molar-refractivity contribution in [1.29, 1.82) is 0 Å². The van der Waals surface area contributed by atoms with Crippen molar-refractivity contribution in [2.75, 3.05) is 37.6 Å². The third-order valence-corrected chi connectivity index (χ3v) is 6.01. The van der Waals surface area contributed by atoms with Crippen molar-refractivity contribution >= 4 is 17.6 Å². The maximum atomic E-state index is 12.8. The molecule has 0 radical (unpaired) electrons. The van der Waals surface area contributed by atoms with Crippen LogP contribution in [0.15, 0.2) is 36.4 Å². The smallest absolute Gasteiger partial charge is 0.242 e. The molecule has 0 spiro atoms. The van der Waals surface area contributed by atoms with E-state index in [-0.39, 0.29) is 24.4 Å². The molecule has 0 bridgehead atoms. The largest absolute Gasteiger partial charge is 0.352 e. The molecule has 1 aromatic carbocycles. The predicted molar refractivity (Wildman–Crippen MR) is 123 cm³/mol. The molecule has 7 heteroatoms. The van der Waals surface area contributed by atoms with Gasteiger partial charge in [0.25, 0.3) is 0 Å². The molecule has 3 rings (SSSR count). The van der Waals surface area contributed by atoms with Gasteiger partial charge in [0.2, 0.25) is 11.8 Å². The number of aromatic nitrogens is 2. The monoisotopic (exact) mass is 423 g/mol. The minimum atomic E-state index is 0.0163. The van der Waals surface area contributed by atoms with Gasteiger partial charge < -0.3 is 14.7 Å². The molecule has 1 aliphatic heterocycles. The molecule has 0 N–H and O–H groups in total. The van der Waals surface area contributed by atoms with Crippen LogP contribution >= 0.6 is 0 Å². The number of amides is 2. The first kappa shape index (κ1) is 22.7. The molecule has 2 heterocycles. The fourth-order valence-electron chi connectivity index (χ4n) is 3.72. The predicted octanol–water partition coefficient (Wildman–Crippen LogP) is 3.14. The number of carbonyl (C=O) groups excluding carboxylic acids is 2. The molecule has 1 fully saturated rings. The first-order valence-electron chi connectivity index (χ1n) is 11.2. The van der Waals surface area contributed by atoms with Gasteiger partial charge in [-0.3, -0.25) is 9.59 Å². The van der Waals surface area contributed by atoms with Gasteiger partial charge in [-0.25, -0.2) is 0 Å². The normalized spacial score (nSPS) is 15.0. The second kappa shape index (κ2) is 10.4. The minimum absolute atomic E-state index is 0.0163. The van der Waals surface area contributed by atoms with Crippen LogP contribution in [0.4, 0.5) is 5.82 Å². The quantitative estimate of drug-likeness (QED) is 0.684. The molecular formula is C24H33N5O2. The summed E-state index contributed by atoms with van der Waals surface area (Å²) in [4.78, 5) is 30.8. The third kappa shape index (κ3) is 5.60. The highest BCUT2D eigenvalue weighted by Gasteiger charge is 2.26. The molecule has 31 heavy (non-hydrogen) atoms.